The molecular formula is C7H14N2. The van der Waals surface area contributed by atoms with Gasteiger partial charge >= 0.3 is 0 Å². The van der Waals surface area contributed by atoms with Gasteiger partial charge in [-0.3, -0.25) is 0 Å². The number of nitrogens with zero attached hydrogens (tertiary/aromatic N) is 2. The van der Waals surface area contributed by atoms with Crippen molar-refractivity contribution in [1.29, 1.82) is 0 Å². The van der Waals surface area contributed by atoms with E-state index in [-0.39, 0.29) is 0 Å². The van der Waals surface area contributed by atoms with Gasteiger partial charge < -0.3 is 9.80 Å². The summed E-state index contributed by atoms with van der Waals surface area (Å²) in [4.78, 5) is 4.93. The second-order valence-electron chi connectivity index (χ2n) is 3.34. The van der Waals surface area contributed by atoms with Gasteiger partial charge in [-0.15, -0.1) is 0 Å². The van der Waals surface area contributed by atoms with E-state index in [2.05, 4.69) is 23.9 Å². The summed E-state index contributed by atoms with van der Waals surface area (Å²) in [6.07, 6.45) is 1.39. The van der Waals surface area contributed by atoms with Crippen molar-refractivity contribution in [1.82, 2.24) is 9.80 Å². The van der Waals surface area contributed by atoms with Crippen LogP contribution < -0.4 is 0 Å². The third-order valence-corrected chi connectivity index (χ3v) is 2.83. The molecule has 2 atom stereocenters. The summed E-state index contributed by atoms with van der Waals surface area (Å²) < 4.78 is 0. The number of hydrogen-bond acceptors (Lipinski definition) is 2. The molecule has 0 bridgehead atoms. The summed E-state index contributed by atoms with van der Waals surface area (Å²) in [5, 5.41) is 0. The minimum atomic E-state index is 0.898. The van der Waals surface area contributed by atoms with Crippen molar-refractivity contribution in [3.05, 3.63) is 0 Å². The standard InChI is InChI=1S/C7H14N2/c1-8-4-3-6-7(8)5-9(6)2/h6-7H,3-5H2,1-2H3/t6-,7-/m1/s1. The van der Waals surface area contributed by atoms with E-state index in [0.29, 0.717) is 0 Å². The first kappa shape index (κ1) is 5.69. The molecule has 0 aliphatic carbocycles. The van der Waals surface area contributed by atoms with Crippen LogP contribution in [0.1, 0.15) is 6.42 Å². The molecule has 0 aromatic rings. The molecule has 0 aromatic carbocycles. The highest BCUT2D eigenvalue weighted by Gasteiger charge is 2.42. The van der Waals surface area contributed by atoms with Crippen molar-refractivity contribution in [3.8, 4) is 0 Å². The summed E-state index contributed by atoms with van der Waals surface area (Å²) in [6.45, 7) is 2.60. The maximum Gasteiger partial charge on any atom is 0.0376 e. The molecule has 2 fully saturated rings. The largest absolute Gasteiger partial charge is 0.301 e. The van der Waals surface area contributed by atoms with E-state index in [1.54, 1.807) is 0 Å². The van der Waals surface area contributed by atoms with E-state index in [4.69, 9.17) is 0 Å². The Hall–Kier alpha value is -0.0800. The predicted octanol–water partition coefficient (Wildman–Crippen LogP) is 0.00450. The Morgan fingerprint density at radius 1 is 1.11 bits per heavy atom. The smallest absolute Gasteiger partial charge is 0.0376 e. The minimum Gasteiger partial charge on any atom is -0.301 e. The van der Waals surface area contributed by atoms with Crippen molar-refractivity contribution in [3.63, 3.8) is 0 Å². The first-order valence-corrected chi connectivity index (χ1v) is 3.69. The molecule has 2 saturated heterocycles. The van der Waals surface area contributed by atoms with Crippen LogP contribution in [-0.4, -0.2) is 49.1 Å². The fourth-order valence-corrected chi connectivity index (χ4v) is 2.06. The van der Waals surface area contributed by atoms with Crippen molar-refractivity contribution in [2.75, 3.05) is 27.2 Å². The Kier molecular flexibility index (Phi) is 1.08. The molecule has 0 radical (unpaired) electrons. The van der Waals surface area contributed by atoms with Gasteiger partial charge in [-0.25, -0.2) is 0 Å². The van der Waals surface area contributed by atoms with Crippen molar-refractivity contribution >= 4 is 0 Å². The lowest BCUT2D eigenvalue weighted by atomic mass is 9.99. The SMILES string of the molecule is CN1CC[C@@H]2[C@H]1CN2C. The van der Waals surface area contributed by atoms with Gasteiger partial charge in [0.1, 0.15) is 0 Å². The lowest BCUT2D eigenvalue weighted by molar-refractivity contribution is 0.0574. The molecular weight excluding hydrogens is 112 g/mol. The zero-order chi connectivity index (χ0) is 6.43. The molecule has 0 saturated carbocycles. The van der Waals surface area contributed by atoms with Crippen molar-refractivity contribution in [2.24, 2.45) is 0 Å². The molecule has 0 spiro atoms. The number of fused-ring (bicyclic) bond motifs is 1. The number of likely N-dealkylation sites (N-methyl/N-ethyl adjacent to an activating group) is 2. The fourth-order valence-electron chi connectivity index (χ4n) is 2.06. The van der Waals surface area contributed by atoms with Gasteiger partial charge in [0.2, 0.25) is 0 Å². The minimum absolute atomic E-state index is 0.898. The van der Waals surface area contributed by atoms with Crippen LogP contribution in [0.2, 0.25) is 0 Å². The van der Waals surface area contributed by atoms with Crippen LogP contribution in [0.15, 0.2) is 0 Å². The molecule has 2 aliphatic rings. The van der Waals surface area contributed by atoms with Crippen molar-refractivity contribution in [2.45, 2.75) is 18.5 Å². The lowest BCUT2D eigenvalue weighted by Crippen LogP contribution is -2.58. The monoisotopic (exact) mass is 126 g/mol. The molecule has 2 heteroatoms. The van der Waals surface area contributed by atoms with E-state index in [0.717, 1.165) is 12.1 Å². The van der Waals surface area contributed by atoms with Gasteiger partial charge in [-0.05, 0) is 27.1 Å². The zero-order valence-corrected chi connectivity index (χ0v) is 6.17. The fraction of sp³-hybridized carbons (Fsp3) is 1.00. The molecule has 0 aromatic heterocycles. The van der Waals surface area contributed by atoms with Gasteiger partial charge in [-0.2, -0.15) is 0 Å². The molecule has 2 nitrogen and oxygen atoms in total. The van der Waals surface area contributed by atoms with Gasteiger partial charge in [0.05, 0.1) is 0 Å². The molecule has 2 rings (SSSR count). The molecule has 2 aliphatic heterocycles. The highest BCUT2D eigenvalue weighted by Crippen LogP contribution is 2.28. The molecule has 0 unspecified atom stereocenters. The highest BCUT2D eigenvalue weighted by molar-refractivity contribution is 5.00. The molecule has 9 heavy (non-hydrogen) atoms. The average Bonchev–Trinajstić information content (AvgIpc) is 2.07. The van der Waals surface area contributed by atoms with Crippen LogP contribution in [0.25, 0.3) is 0 Å². The van der Waals surface area contributed by atoms with Gasteiger partial charge in [0.25, 0.3) is 0 Å². The highest BCUT2D eigenvalue weighted by atomic mass is 15.3. The third kappa shape index (κ3) is 0.634. The summed E-state index contributed by atoms with van der Waals surface area (Å²) in [5.41, 5.74) is 0. The Morgan fingerprint density at radius 3 is 2.33 bits per heavy atom. The topological polar surface area (TPSA) is 6.48 Å². The van der Waals surface area contributed by atoms with Gasteiger partial charge in [0.15, 0.2) is 0 Å². The van der Waals surface area contributed by atoms with Crippen LogP contribution in [0, 0.1) is 0 Å². The third-order valence-electron chi connectivity index (χ3n) is 2.83. The normalized spacial score (nSPS) is 44.7. The average molecular weight is 126 g/mol. The van der Waals surface area contributed by atoms with Crippen LogP contribution in [0.5, 0.6) is 0 Å². The quantitative estimate of drug-likeness (QED) is 0.451. The zero-order valence-electron chi connectivity index (χ0n) is 6.17. The molecule has 0 N–H and O–H groups in total. The maximum atomic E-state index is 2.48. The van der Waals surface area contributed by atoms with E-state index >= 15 is 0 Å². The second kappa shape index (κ2) is 1.70. The van der Waals surface area contributed by atoms with E-state index in [1.165, 1.54) is 19.5 Å². The van der Waals surface area contributed by atoms with Crippen LogP contribution >= 0.6 is 0 Å². The number of rotatable bonds is 0. The summed E-state index contributed by atoms with van der Waals surface area (Å²) in [5.74, 6) is 0. The number of hydrogen-bond donors (Lipinski definition) is 0. The Morgan fingerprint density at radius 2 is 1.89 bits per heavy atom. The molecule has 52 valence electrons. The summed E-state index contributed by atoms with van der Waals surface area (Å²) in [7, 11) is 4.46. The molecule has 2 heterocycles. The van der Waals surface area contributed by atoms with Crippen LogP contribution in [0.3, 0.4) is 0 Å². The Balaban J connectivity index is 2.03. The summed E-state index contributed by atoms with van der Waals surface area (Å²) in [6, 6.07) is 1.80. The Labute approximate surface area is 56.4 Å². The van der Waals surface area contributed by atoms with E-state index in [9.17, 15) is 0 Å². The lowest BCUT2D eigenvalue weighted by Gasteiger charge is -2.43. The molecule has 0 amide bonds. The predicted molar refractivity (Wildman–Crippen MR) is 37.5 cm³/mol. The van der Waals surface area contributed by atoms with Crippen molar-refractivity contribution < 1.29 is 0 Å². The number of likely N-dealkylation sites (tertiary alicyclic amines) is 2. The first-order valence-electron chi connectivity index (χ1n) is 3.69. The van der Waals surface area contributed by atoms with E-state index < -0.39 is 0 Å². The van der Waals surface area contributed by atoms with Gasteiger partial charge in [0, 0.05) is 18.6 Å². The van der Waals surface area contributed by atoms with Gasteiger partial charge in [-0.1, -0.05) is 0 Å². The Bertz CT molecular complexity index is 122. The maximum absolute atomic E-state index is 2.48. The van der Waals surface area contributed by atoms with E-state index in [1.807, 2.05) is 0 Å². The first-order chi connectivity index (χ1) is 4.29. The van der Waals surface area contributed by atoms with Crippen LogP contribution in [0.4, 0.5) is 0 Å². The van der Waals surface area contributed by atoms with Crippen LogP contribution in [-0.2, 0) is 0 Å². The second-order valence-corrected chi connectivity index (χ2v) is 3.34. The summed E-state index contributed by atoms with van der Waals surface area (Å²) >= 11 is 0.